The highest BCUT2D eigenvalue weighted by molar-refractivity contribution is 6.02. The van der Waals surface area contributed by atoms with E-state index in [0.717, 1.165) is 48.4 Å². The Morgan fingerprint density at radius 2 is 2.05 bits per heavy atom. The van der Waals surface area contributed by atoms with E-state index in [1.807, 2.05) is 26.0 Å². The molecule has 0 aliphatic carbocycles. The van der Waals surface area contributed by atoms with Gasteiger partial charge in [-0.05, 0) is 56.5 Å². The van der Waals surface area contributed by atoms with E-state index < -0.39 is 0 Å². The Bertz CT molecular complexity index is 488. The average molecular weight is 261 g/mol. The summed E-state index contributed by atoms with van der Waals surface area (Å²) in [5.74, 6) is 1.10. The number of hydrogen-bond acceptors (Lipinski definition) is 3. The summed E-state index contributed by atoms with van der Waals surface area (Å²) in [4.78, 5) is 12.8. The molecule has 1 unspecified atom stereocenters. The van der Waals surface area contributed by atoms with E-state index in [4.69, 9.17) is 4.74 Å². The Morgan fingerprint density at radius 3 is 2.63 bits per heavy atom. The van der Waals surface area contributed by atoms with E-state index >= 15 is 0 Å². The number of ketones is 1. The quantitative estimate of drug-likeness (QED) is 0.850. The number of nitrogens with one attached hydrogen (secondary N) is 1. The molecular formula is C16H23NO2. The molecule has 19 heavy (non-hydrogen) atoms. The van der Waals surface area contributed by atoms with Crippen molar-refractivity contribution >= 4 is 5.78 Å². The van der Waals surface area contributed by atoms with Crippen molar-refractivity contribution in [2.45, 2.75) is 33.6 Å². The van der Waals surface area contributed by atoms with Gasteiger partial charge in [0, 0.05) is 17.5 Å². The summed E-state index contributed by atoms with van der Waals surface area (Å²) in [5.41, 5.74) is 2.58. The van der Waals surface area contributed by atoms with Crippen molar-refractivity contribution in [3.05, 3.63) is 28.8 Å². The third-order valence-corrected chi connectivity index (χ3v) is 4.13. The molecule has 1 N–H and O–H groups in total. The maximum atomic E-state index is 12.8. The largest absolute Gasteiger partial charge is 0.496 e. The van der Waals surface area contributed by atoms with Crippen LogP contribution in [0.4, 0.5) is 0 Å². The van der Waals surface area contributed by atoms with Gasteiger partial charge in [0.25, 0.3) is 0 Å². The second-order valence-electron chi connectivity index (χ2n) is 5.81. The number of carbonyl (C=O) groups is 1. The highest BCUT2D eigenvalue weighted by Crippen LogP contribution is 2.33. The topological polar surface area (TPSA) is 38.3 Å². The molecular weight excluding hydrogens is 238 g/mol. The number of benzene rings is 1. The van der Waals surface area contributed by atoms with E-state index in [0.29, 0.717) is 0 Å². The van der Waals surface area contributed by atoms with Crippen LogP contribution in [0.3, 0.4) is 0 Å². The highest BCUT2D eigenvalue weighted by atomic mass is 16.5. The first-order valence-electron chi connectivity index (χ1n) is 6.89. The third kappa shape index (κ3) is 2.66. The van der Waals surface area contributed by atoms with Crippen LogP contribution in [0.25, 0.3) is 0 Å². The Hall–Kier alpha value is -1.35. The molecule has 1 fully saturated rings. The van der Waals surface area contributed by atoms with E-state index in [9.17, 15) is 4.79 Å². The molecule has 104 valence electrons. The fraction of sp³-hybridized carbons (Fsp3) is 0.562. The SMILES string of the molecule is COc1cc(C)c(C(=O)C2(C)CCCNC2)cc1C. The van der Waals surface area contributed by atoms with E-state index in [-0.39, 0.29) is 11.2 Å². The molecule has 1 atom stereocenters. The minimum atomic E-state index is -0.274. The molecule has 1 aliphatic heterocycles. The monoisotopic (exact) mass is 261 g/mol. The summed E-state index contributed by atoms with van der Waals surface area (Å²) in [6.07, 6.45) is 2.03. The number of methoxy groups -OCH3 is 1. The lowest BCUT2D eigenvalue weighted by Gasteiger charge is -2.33. The van der Waals surface area contributed by atoms with Gasteiger partial charge in [-0.1, -0.05) is 6.92 Å². The van der Waals surface area contributed by atoms with Crippen molar-refractivity contribution in [1.29, 1.82) is 0 Å². The summed E-state index contributed by atoms with van der Waals surface area (Å²) in [6.45, 7) is 7.83. The van der Waals surface area contributed by atoms with Crippen LogP contribution in [0.5, 0.6) is 5.75 Å². The molecule has 1 saturated heterocycles. The van der Waals surface area contributed by atoms with Crippen LogP contribution < -0.4 is 10.1 Å². The van der Waals surface area contributed by atoms with E-state index in [1.54, 1.807) is 7.11 Å². The number of piperidine rings is 1. The van der Waals surface area contributed by atoms with Gasteiger partial charge in [0.05, 0.1) is 7.11 Å². The number of ether oxygens (including phenoxy) is 1. The van der Waals surface area contributed by atoms with Crippen LogP contribution in [0, 0.1) is 19.3 Å². The predicted molar refractivity (Wildman–Crippen MR) is 77.0 cm³/mol. The maximum absolute atomic E-state index is 12.8. The van der Waals surface area contributed by atoms with Gasteiger partial charge < -0.3 is 10.1 Å². The van der Waals surface area contributed by atoms with Crippen molar-refractivity contribution < 1.29 is 9.53 Å². The molecule has 1 aromatic carbocycles. The first kappa shape index (κ1) is 14.1. The number of aryl methyl sites for hydroxylation is 2. The summed E-state index contributed by atoms with van der Waals surface area (Å²) < 4.78 is 5.31. The lowest BCUT2D eigenvalue weighted by Crippen LogP contribution is -2.43. The third-order valence-electron chi connectivity index (χ3n) is 4.13. The molecule has 0 amide bonds. The zero-order valence-corrected chi connectivity index (χ0v) is 12.3. The van der Waals surface area contributed by atoms with Gasteiger partial charge in [0.2, 0.25) is 0 Å². The van der Waals surface area contributed by atoms with Gasteiger partial charge >= 0.3 is 0 Å². The van der Waals surface area contributed by atoms with Gasteiger partial charge in [-0.25, -0.2) is 0 Å². The van der Waals surface area contributed by atoms with Gasteiger partial charge in [0.15, 0.2) is 5.78 Å². The van der Waals surface area contributed by atoms with Gasteiger partial charge in [-0.15, -0.1) is 0 Å². The van der Waals surface area contributed by atoms with E-state index in [1.165, 1.54) is 0 Å². The smallest absolute Gasteiger partial charge is 0.170 e. The Balaban J connectivity index is 2.36. The highest BCUT2D eigenvalue weighted by Gasteiger charge is 2.35. The second kappa shape index (κ2) is 5.33. The number of Topliss-reactive ketones (excluding diaryl/α,β-unsaturated/α-hetero) is 1. The number of carbonyl (C=O) groups excluding carboxylic acids is 1. The zero-order valence-electron chi connectivity index (χ0n) is 12.3. The Labute approximate surface area is 115 Å². The fourth-order valence-corrected chi connectivity index (χ4v) is 2.83. The van der Waals surface area contributed by atoms with Crippen molar-refractivity contribution in [3.8, 4) is 5.75 Å². The average Bonchev–Trinajstić information content (AvgIpc) is 2.41. The maximum Gasteiger partial charge on any atom is 0.170 e. The molecule has 1 aliphatic rings. The van der Waals surface area contributed by atoms with Crippen molar-refractivity contribution in [2.24, 2.45) is 5.41 Å². The molecule has 0 radical (unpaired) electrons. The van der Waals surface area contributed by atoms with Crippen LogP contribution in [0.1, 0.15) is 41.3 Å². The van der Waals surface area contributed by atoms with Crippen LogP contribution in [-0.2, 0) is 0 Å². The molecule has 2 rings (SSSR count). The van der Waals surface area contributed by atoms with Crippen molar-refractivity contribution in [1.82, 2.24) is 5.32 Å². The Morgan fingerprint density at radius 1 is 1.32 bits per heavy atom. The molecule has 1 heterocycles. The zero-order chi connectivity index (χ0) is 14.0. The number of rotatable bonds is 3. The first-order chi connectivity index (χ1) is 8.98. The van der Waals surface area contributed by atoms with Gasteiger partial charge in [0.1, 0.15) is 5.75 Å². The van der Waals surface area contributed by atoms with Crippen LogP contribution in [0.15, 0.2) is 12.1 Å². The molecule has 0 saturated carbocycles. The molecule has 0 bridgehead atoms. The summed E-state index contributed by atoms with van der Waals surface area (Å²) in [6, 6.07) is 3.93. The lowest BCUT2D eigenvalue weighted by molar-refractivity contribution is 0.0772. The molecule has 0 spiro atoms. The van der Waals surface area contributed by atoms with E-state index in [2.05, 4.69) is 12.2 Å². The second-order valence-corrected chi connectivity index (χ2v) is 5.81. The Kier molecular flexibility index (Phi) is 3.95. The van der Waals surface area contributed by atoms with Crippen LogP contribution in [0.2, 0.25) is 0 Å². The van der Waals surface area contributed by atoms with Gasteiger partial charge in [-0.2, -0.15) is 0 Å². The van der Waals surface area contributed by atoms with Crippen LogP contribution in [-0.4, -0.2) is 26.0 Å². The minimum absolute atomic E-state index is 0.253. The number of hydrogen-bond donors (Lipinski definition) is 1. The fourth-order valence-electron chi connectivity index (χ4n) is 2.83. The van der Waals surface area contributed by atoms with Gasteiger partial charge in [-0.3, -0.25) is 4.79 Å². The van der Waals surface area contributed by atoms with Crippen LogP contribution >= 0.6 is 0 Å². The normalized spacial score (nSPS) is 23.2. The molecule has 1 aromatic rings. The molecule has 0 aromatic heterocycles. The van der Waals surface area contributed by atoms with Crippen molar-refractivity contribution in [3.63, 3.8) is 0 Å². The minimum Gasteiger partial charge on any atom is -0.496 e. The lowest BCUT2D eigenvalue weighted by atomic mass is 9.75. The molecule has 3 nitrogen and oxygen atoms in total. The standard InChI is InChI=1S/C16H23NO2/c1-11-9-14(19-4)12(2)8-13(11)15(18)16(3)6-5-7-17-10-16/h8-9,17H,5-7,10H2,1-4H3. The summed E-state index contributed by atoms with van der Waals surface area (Å²) in [7, 11) is 1.66. The summed E-state index contributed by atoms with van der Waals surface area (Å²) >= 11 is 0. The van der Waals surface area contributed by atoms with Crippen molar-refractivity contribution in [2.75, 3.05) is 20.2 Å². The predicted octanol–water partition coefficient (Wildman–Crippen LogP) is 2.88. The molecule has 3 heteroatoms. The summed E-state index contributed by atoms with van der Waals surface area (Å²) in [5, 5.41) is 3.34. The first-order valence-corrected chi connectivity index (χ1v) is 6.89.